The van der Waals surface area contributed by atoms with Crippen LogP contribution in [0.4, 0.5) is 5.69 Å². The Hall–Kier alpha value is -3.35. The number of hydrazone groups is 1. The molecule has 0 aliphatic carbocycles. The molecule has 0 atom stereocenters. The zero-order valence-corrected chi connectivity index (χ0v) is 13.7. The van der Waals surface area contributed by atoms with Crippen molar-refractivity contribution in [3.8, 4) is 11.5 Å². The summed E-state index contributed by atoms with van der Waals surface area (Å²) < 4.78 is 5.04. The molecule has 0 fully saturated rings. The Balaban J connectivity index is 1.73. The molecule has 0 bridgehead atoms. The summed E-state index contributed by atoms with van der Waals surface area (Å²) in [7, 11) is 1.56. The lowest BCUT2D eigenvalue weighted by Crippen LogP contribution is -2.20. The van der Waals surface area contributed by atoms with E-state index in [-0.39, 0.29) is 24.5 Å². The number of benzene rings is 2. The summed E-state index contributed by atoms with van der Waals surface area (Å²) in [5.41, 5.74) is 3.43. The lowest BCUT2D eigenvalue weighted by Gasteiger charge is -2.06. The van der Waals surface area contributed by atoms with E-state index in [1.807, 2.05) is 0 Å². The van der Waals surface area contributed by atoms with Crippen LogP contribution < -0.4 is 15.5 Å². The summed E-state index contributed by atoms with van der Waals surface area (Å²) in [5.74, 6) is 0.0978. The van der Waals surface area contributed by atoms with E-state index in [0.717, 1.165) is 0 Å². The van der Waals surface area contributed by atoms with Crippen molar-refractivity contribution in [3.63, 3.8) is 0 Å². The number of hydrogen-bond acceptors (Lipinski definition) is 5. The van der Waals surface area contributed by atoms with Gasteiger partial charge in [-0.2, -0.15) is 5.10 Å². The van der Waals surface area contributed by atoms with Crippen molar-refractivity contribution in [3.05, 3.63) is 54.1 Å². The minimum Gasteiger partial charge on any atom is -0.507 e. The van der Waals surface area contributed by atoms with Crippen molar-refractivity contribution < 1.29 is 19.4 Å². The standard InChI is InChI=1S/C18H19N3O4/c1-25-15-8-6-14(7-9-15)20-17(23)10-11-18(24)21-19-12-13-4-2-3-5-16(13)22/h2-9,12,22H,10-11H2,1H3,(H,20,23)(H,21,24)/b19-12-. The van der Waals surface area contributed by atoms with Crippen LogP contribution in [0.2, 0.25) is 0 Å². The Bertz CT molecular complexity index is 757. The van der Waals surface area contributed by atoms with Gasteiger partial charge < -0.3 is 15.2 Å². The highest BCUT2D eigenvalue weighted by molar-refractivity contribution is 5.93. The number of nitrogens with one attached hydrogen (secondary N) is 2. The van der Waals surface area contributed by atoms with Crippen LogP contribution in [0, 0.1) is 0 Å². The Morgan fingerprint density at radius 1 is 1.08 bits per heavy atom. The molecule has 130 valence electrons. The molecule has 0 heterocycles. The fraction of sp³-hybridized carbons (Fsp3) is 0.167. The van der Waals surface area contributed by atoms with Gasteiger partial charge in [-0.05, 0) is 36.4 Å². The SMILES string of the molecule is COc1ccc(NC(=O)CCC(=O)N/N=C\c2ccccc2O)cc1. The highest BCUT2D eigenvalue weighted by Gasteiger charge is 2.07. The molecule has 2 amide bonds. The zero-order chi connectivity index (χ0) is 18.1. The van der Waals surface area contributed by atoms with Crippen molar-refractivity contribution in [1.29, 1.82) is 0 Å². The molecule has 7 heteroatoms. The molecule has 0 radical (unpaired) electrons. The molecule has 2 aromatic carbocycles. The molecule has 0 aromatic heterocycles. The van der Waals surface area contributed by atoms with Crippen molar-refractivity contribution in [1.82, 2.24) is 5.43 Å². The van der Waals surface area contributed by atoms with E-state index >= 15 is 0 Å². The highest BCUT2D eigenvalue weighted by Crippen LogP contribution is 2.15. The average molecular weight is 341 g/mol. The maximum Gasteiger partial charge on any atom is 0.240 e. The summed E-state index contributed by atoms with van der Waals surface area (Å²) in [4.78, 5) is 23.5. The van der Waals surface area contributed by atoms with Crippen LogP contribution >= 0.6 is 0 Å². The summed E-state index contributed by atoms with van der Waals surface area (Å²) in [5, 5.41) is 16.0. The quantitative estimate of drug-likeness (QED) is 0.531. The molecule has 3 N–H and O–H groups in total. The molecular formula is C18H19N3O4. The fourth-order valence-corrected chi connectivity index (χ4v) is 1.95. The number of phenolic OH excluding ortho intramolecular Hbond substituents is 1. The van der Waals surface area contributed by atoms with E-state index < -0.39 is 5.91 Å². The molecule has 0 unspecified atom stereocenters. The number of para-hydroxylation sites is 1. The number of aromatic hydroxyl groups is 1. The Labute approximate surface area is 145 Å². The molecule has 0 saturated carbocycles. The third-order valence-electron chi connectivity index (χ3n) is 3.28. The van der Waals surface area contributed by atoms with Crippen LogP contribution in [0.5, 0.6) is 11.5 Å². The number of ether oxygens (including phenoxy) is 1. The van der Waals surface area contributed by atoms with E-state index in [9.17, 15) is 14.7 Å². The number of amides is 2. The maximum atomic E-state index is 11.8. The van der Waals surface area contributed by atoms with Crippen LogP contribution in [-0.4, -0.2) is 30.2 Å². The van der Waals surface area contributed by atoms with E-state index in [1.54, 1.807) is 49.6 Å². The summed E-state index contributed by atoms with van der Waals surface area (Å²) >= 11 is 0. The topological polar surface area (TPSA) is 100 Å². The van der Waals surface area contributed by atoms with Crippen molar-refractivity contribution in [2.45, 2.75) is 12.8 Å². The van der Waals surface area contributed by atoms with Gasteiger partial charge in [-0.3, -0.25) is 9.59 Å². The molecular weight excluding hydrogens is 322 g/mol. The molecule has 2 aromatic rings. The molecule has 0 aliphatic rings. The second kappa shape index (κ2) is 9.07. The number of anilines is 1. The number of rotatable bonds is 7. The summed E-state index contributed by atoms with van der Waals surface area (Å²) in [6.07, 6.45) is 1.37. The number of hydrogen-bond donors (Lipinski definition) is 3. The molecule has 2 rings (SSSR count). The first-order valence-corrected chi connectivity index (χ1v) is 7.62. The number of carbonyl (C=O) groups excluding carboxylic acids is 2. The van der Waals surface area contributed by atoms with Crippen molar-refractivity contribution in [2.75, 3.05) is 12.4 Å². The van der Waals surface area contributed by atoms with Crippen molar-refractivity contribution >= 4 is 23.7 Å². The van der Waals surface area contributed by atoms with Crippen LogP contribution in [0.1, 0.15) is 18.4 Å². The summed E-state index contributed by atoms with van der Waals surface area (Å²) in [6, 6.07) is 13.5. The van der Waals surface area contributed by atoms with Gasteiger partial charge >= 0.3 is 0 Å². The third kappa shape index (κ3) is 5.98. The number of methoxy groups -OCH3 is 1. The second-order valence-corrected chi connectivity index (χ2v) is 5.13. The Morgan fingerprint density at radius 3 is 2.44 bits per heavy atom. The van der Waals surface area contributed by atoms with Crippen LogP contribution in [0.15, 0.2) is 53.6 Å². The third-order valence-corrected chi connectivity index (χ3v) is 3.28. The van der Waals surface area contributed by atoms with Gasteiger partial charge in [-0.25, -0.2) is 5.43 Å². The van der Waals surface area contributed by atoms with Gasteiger partial charge in [0.25, 0.3) is 0 Å². The van der Waals surface area contributed by atoms with Crippen LogP contribution in [0.25, 0.3) is 0 Å². The van der Waals surface area contributed by atoms with Gasteiger partial charge in [0.2, 0.25) is 11.8 Å². The largest absolute Gasteiger partial charge is 0.507 e. The smallest absolute Gasteiger partial charge is 0.240 e. The predicted molar refractivity (Wildman–Crippen MR) is 94.7 cm³/mol. The van der Waals surface area contributed by atoms with E-state index in [0.29, 0.717) is 17.0 Å². The molecule has 0 spiro atoms. The minimum absolute atomic E-state index is 0.0000990. The van der Waals surface area contributed by atoms with E-state index in [1.165, 1.54) is 12.3 Å². The average Bonchev–Trinajstić information content (AvgIpc) is 2.62. The normalized spacial score (nSPS) is 10.4. The maximum absolute atomic E-state index is 11.8. The molecule has 7 nitrogen and oxygen atoms in total. The predicted octanol–water partition coefficient (Wildman–Crippen LogP) is 2.27. The number of nitrogens with zero attached hydrogens (tertiary/aromatic N) is 1. The minimum atomic E-state index is -0.392. The van der Waals surface area contributed by atoms with Crippen molar-refractivity contribution in [2.24, 2.45) is 5.10 Å². The Kier molecular flexibility index (Phi) is 6.53. The molecule has 0 aliphatic heterocycles. The first-order chi connectivity index (χ1) is 12.1. The van der Waals surface area contributed by atoms with Gasteiger partial charge in [0.1, 0.15) is 11.5 Å². The van der Waals surface area contributed by atoms with Crippen LogP contribution in [-0.2, 0) is 9.59 Å². The van der Waals surface area contributed by atoms with E-state index in [4.69, 9.17) is 4.74 Å². The number of phenols is 1. The summed E-state index contributed by atoms with van der Waals surface area (Å²) in [6.45, 7) is 0. The monoisotopic (exact) mass is 341 g/mol. The fourth-order valence-electron chi connectivity index (χ4n) is 1.95. The lowest BCUT2D eigenvalue weighted by atomic mass is 10.2. The van der Waals surface area contributed by atoms with Crippen LogP contribution in [0.3, 0.4) is 0 Å². The number of carbonyl (C=O) groups is 2. The second-order valence-electron chi connectivity index (χ2n) is 5.13. The zero-order valence-electron chi connectivity index (χ0n) is 13.7. The van der Waals surface area contributed by atoms with Gasteiger partial charge in [-0.15, -0.1) is 0 Å². The van der Waals surface area contributed by atoms with Gasteiger partial charge in [0.15, 0.2) is 0 Å². The van der Waals surface area contributed by atoms with E-state index in [2.05, 4.69) is 15.8 Å². The molecule has 25 heavy (non-hydrogen) atoms. The first kappa shape index (κ1) is 18.0. The highest BCUT2D eigenvalue weighted by atomic mass is 16.5. The van der Waals surface area contributed by atoms with Gasteiger partial charge in [0.05, 0.1) is 13.3 Å². The van der Waals surface area contributed by atoms with Gasteiger partial charge in [0, 0.05) is 24.1 Å². The molecule has 0 saturated heterocycles. The lowest BCUT2D eigenvalue weighted by molar-refractivity contribution is -0.124. The van der Waals surface area contributed by atoms with Gasteiger partial charge in [-0.1, -0.05) is 12.1 Å². The Morgan fingerprint density at radius 2 is 1.76 bits per heavy atom. The first-order valence-electron chi connectivity index (χ1n) is 7.62.